The number of carbonyl (C=O) groups excluding carboxylic acids is 1. The lowest BCUT2D eigenvalue weighted by atomic mass is 10.0. The molecule has 4 nitrogen and oxygen atoms in total. The zero-order valence-electron chi connectivity index (χ0n) is 9.54. The molecule has 0 aromatic heterocycles. The van der Waals surface area contributed by atoms with E-state index in [9.17, 15) is 23.1 Å². The second kappa shape index (κ2) is 5.68. The van der Waals surface area contributed by atoms with Gasteiger partial charge in [0.2, 0.25) is 0 Å². The second-order valence-corrected chi connectivity index (χ2v) is 4.10. The molecule has 0 spiro atoms. The summed E-state index contributed by atoms with van der Waals surface area (Å²) in [5, 5.41) is 9.24. The van der Waals surface area contributed by atoms with Crippen LogP contribution in [0.2, 0.25) is 0 Å². The molecule has 7 heteroatoms. The smallest absolute Gasteiger partial charge is 0.404 e. The Labute approximate surface area is 97.3 Å². The third-order valence-corrected chi connectivity index (χ3v) is 2.91. The Hall–Kier alpha value is -0.820. The largest absolute Gasteiger partial charge is 0.469 e. The predicted octanol–water partition coefficient (Wildman–Crippen LogP) is 0.937. The monoisotopic (exact) mass is 255 g/mol. The normalized spacial score (nSPS) is 21.2. The first-order valence-corrected chi connectivity index (χ1v) is 5.40. The van der Waals surface area contributed by atoms with Crippen molar-refractivity contribution in [1.82, 2.24) is 4.90 Å². The van der Waals surface area contributed by atoms with E-state index in [2.05, 4.69) is 4.74 Å². The van der Waals surface area contributed by atoms with E-state index in [1.807, 2.05) is 0 Å². The highest BCUT2D eigenvalue weighted by molar-refractivity contribution is 5.70. The fraction of sp³-hybridized carbons (Fsp3) is 0.900. The Balaban J connectivity index is 2.66. The fourth-order valence-electron chi connectivity index (χ4n) is 1.89. The quantitative estimate of drug-likeness (QED) is 0.762. The molecule has 0 aromatic carbocycles. The molecular weight excluding hydrogens is 239 g/mol. The second-order valence-electron chi connectivity index (χ2n) is 4.10. The number of aliphatic hydroxyl groups excluding tert-OH is 1. The van der Waals surface area contributed by atoms with Crippen molar-refractivity contribution < 1.29 is 27.8 Å². The van der Waals surface area contributed by atoms with Gasteiger partial charge in [0.15, 0.2) is 0 Å². The van der Waals surface area contributed by atoms with Crippen molar-refractivity contribution in [3.8, 4) is 0 Å². The lowest BCUT2D eigenvalue weighted by Gasteiger charge is -2.36. The van der Waals surface area contributed by atoms with Gasteiger partial charge in [-0.2, -0.15) is 13.2 Å². The van der Waals surface area contributed by atoms with Gasteiger partial charge in [-0.25, -0.2) is 0 Å². The number of alkyl halides is 3. The van der Waals surface area contributed by atoms with Crippen LogP contribution < -0.4 is 0 Å². The van der Waals surface area contributed by atoms with Crippen molar-refractivity contribution in [3.63, 3.8) is 0 Å². The molecule has 1 heterocycles. The molecule has 1 aliphatic heterocycles. The molecule has 100 valence electrons. The van der Waals surface area contributed by atoms with Gasteiger partial charge in [0.25, 0.3) is 0 Å². The first-order valence-electron chi connectivity index (χ1n) is 5.40. The average molecular weight is 255 g/mol. The van der Waals surface area contributed by atoms with E-state index >= 15 is 0 Å². The topological polar surface area (TPSA) is 49.8 Å². The maximum absolute atomic E-state index is 12.8. The molecule has 0 bridgehead atoms. The molecule has 0 saturated carbocycles. The number of halogens is 3. The Morgan fingerprint density at radius 3 is 2.41 bits per heavy atom. The number of methoxy groups -OCH3 is 1. The van der Waals surface area contributed by atoms with Crippen molar-refractivity contribution in [3.05, 3.63) is 0 Å². The van der Waals surface area contributed by atoms with Crippen LogP contribution in [0.3, 0.4) is 0 Å². The predicted molar refractivity (Wildman–Crippen MR) is 53.3 cm³/mol. The van der Waals surface area contributed by atoms with Crippen LogP contribution in [0.1, 0.15) is 19.3 Å². The first-order chi connectivity index (χ1) is 7.84. The number of rotatable bonds is 3. The molecule has 1 N–H and O–H groups in total. The number of likely N-dealkylation sites (tertiary alicyclic amines) is 1. The summed E-state index contributed by atoms with van der Waals surface area (Å²) in [5.41, 5.74) is 0. The van der Waals surface area contributed by atoms with E-state index in [-0.39, 0.29) is 13.1 Å². The molecule has 1 atom stereocenters. The van der Waals surface area contributed by atoms with Gasteiger partial charge in [0.05, 0.1) is 19.6 Å². The van der Waals surface area contributed by atoms with Crippen molar-refractivity contribution in [2.45, 2.75) is 37.6 Å². The van der Waals surface area contributed by atoms with Gasteiger partial charge in [-0.15, -0.1) is 0 Å². The van der Waals surface area contributed by atoms with Crippen LogP contribution in [-0.4, -0.2) is 54.5 Å². The minimum absolute atomic E-state index is 0.141. The minimum atomic E-state index is -4.46. The van der Waals surface area contributed by atoms with E-state index in [0.717, 1.165) is 7.11 Å². The van der Waals surface area contributed by atoms with E-state index in [1.165, 1.54) is 4.90 Å². The lowest BCUT2D eigenvalue weighted by Crippen LogP contribution is -2.50. The van der Waals surface area contributed by atoms with Gasteiger partial charge < -0.3 is 9.84 Å². The Bertz CT molecular complexity index is 262. The highest BCUT2D eigenvalue weighted by atomic mass is 19.4. The number of nitrogens with zero attached hydrogens (tertiary/aromatic N) is 1. The number of hydrogen-bond donors (Lipinski definition) is 1. The number of hydrogen-bond acceptors (Lipinski definition) is 4. The third kappa shape index (κ3) is 4.16. The minimum Gasteiger partial charge on any atom is -0.469 e. The SMILES string of the molecule is COC(=O)CC(N1CCC(O)CC1)C(F)(F)F. The number of esters is 1. The molecule has 1 rings (SSSR count). The standard InChI is InChI=1S/C10H16F3NO3/c1-17-9(16)6-8(10(11,12)13)14-4-2-7(15)3-5-14/h7-8,15H,2-6H2,1H3. The van der Waals surface area contributed by atoms with E-state index in [1.54, 1.807) is 0 Å². The van der Waals surface area contributed by atoms with Crippen LogP contribution in [-0.2, 0) is 9.53 Å². The zero-order valence-corrected chi connectivity index (χ0v) is 9.54. The summed E-state index contributed by atoms with van der Waals surface area (Å²) in [6.07, 6.45) is -5.10. The Kier molecular flexibility index (Phi) is 4.76. The number of ether oxygens (including phenoxy) is 1. The maximum atomic E-state index is 12.8. The summed E-state index contributed by atoms with van der Waals surface area (Å²) in [6.45, 7) is 0.282. The molecule has 1 aliphatic rings. The molecule has 0 amide bonds. The van der Waals surface area contributed by atoms with Crippen molar-refractivity contribution >= 4 is 5.97 Å². The molecule has 17 heavy (non-hydrogen) atoms. The Morgan fingerprint density at radius 1 is 1.47 bits per heavy atom. The molecule has 1 saturated heterocycles. The van der Waals surface area contributed by atoms with Gasteiger partial charge in [0.1, 0.15) is 6.04 Å². The molecular formula is C10H16F3NO3. The van der Waals surface area contributed by atoms with Crippen LogP contribution in [0.4, 0.5) is 13.2 Å². The van der Waals surface area contributed by atoms with Crippen LogP contribution >= 0.6 is 0 Å². The van der Waals surface area contributed by atoms with E-state index in [4.69, 9.17) is 0 Å². The van der Waals surface area contributed by atoms with Crippen LogP contribution in [0.25, 0.3) is 0 Å². The average Bonchev–Trinajstić information content (AvgIpc) is 2.25. The van der Waals surface area contributed by atoms with Gasteiger partial charge in [-0.1, -0.05) is 0 Å². The fourth-order valence-corrected chi connectivity index (χ4v) is 1.89. The molecule has 1 unspecified atom stereocenters. The van der Waals surface area contributed by atoms with Crippen molar-refractivity contribution in [2.75, 3.05) is 20.2 Å². The number of carbonyl (C=O) groups is 1. The number of piperidine rings is 1. The van der Waals surface area contributed by atoms with Crippen LogP contribution in [0.15, 0.2) is 0 Å². The van der Waals surface area contributed by atoms with Crippen molar-refractivity contribution in [2.24, 2.45) is 0 Å². The Morgan fingerprint density at radius 2 is 2.00 bits per heavy atom. The summed E-state index contributed by atoms with van der Waals surface area (Å²) in [6, 6.07) is -1.82. The first kappa shape index (κ1) is 14.2. The van der Waals surface area contributed by atoms with Gasteiger partial charge in [0, 0.05) is 13.1 Å². The summed E-state index contributed by atoms with van der Waals surface area (Å²) in [7, 11) is 1.07. The summed E-state index contributed by atoms with van der Waals surface area (Å²) < 4.78 is 42.6. The summed E-state index contributed by atoms with van der Waals surface area (Å²) in [4.78, 5) is 12.2. The summed E-state index contributed by atoms with van der Waals surface area (Å²) >= 11 is 0. The van der Waals surface area contributed by atoms with Crippen LogP contribution in [0.5, 0.6) is 0 Å². The maximum Gasteiger partial charge on any atom is 0.404 e. The molecule has 0 aromatic rings. The van der Waals surface area contributed by atoms with E-state index in [0.29, 0.717) is 12.8 Å². The van der Waals surface area contributed by atoms with Gasteiger partial charge >= 0.3 is 12.1 Å². The zero-order chi connectivity index (χ0) is 13.1. The third-order valence-electron chi connectivity index (χ3n) is 2.91. The molecule has 0 aliphatic carbocycles. The molecule has 0 radical (unpaired) electrons. The van der Waals surface area contributed by atoms with Crippen molar-refractivity contribution in [1.29, 1.82) is 0 Å². The summed E-state index contributed by atoms with van der Waals surface area (Å²) in [5.74, 6) is -0.876. The highest BCUT2D eigenvalue weighted by Gasteiger charge is 2.45. The molecule has 1 fully saturated rings. The van der Waals surface area contributed by atoms with Crippen LogP contribution in [0, 0.1) is 0 Å². The highest BCUT2D eigenvalue weighted by Crippen LogP contribution is 2.29. The number of aliphatic hydroxyl groups is 1. The van der Waals surface area contributed by atoms with Gasteiger partial charge in [-0.3, -0.25) is 9.69 Å². The van der Waals surface area contributed by atoms with Gasteiger partial charge in [-0.05, 0) is 12.8 Å². The van der Waals surface area contributed by atoms with E-state index < -0.39 is 30.7 Å². The lowest BCUT2D eigenvalue weighted by molar-refractivity contribution is -0.195.